The Hall–Kier alpha value is -0.580. The molecule has 0 bridgehead atoms. The summed E-state index contributed by atoms with van der Waals surface area (Å²) in [5.41, 5.74) is 0. The molecule has 18 heavy (non-hydrogen) atoms. The number of rotatable bonds is 5. The van der Waals surface area contributed by atoms with E-state index in [1.54, 1.807) is 11.3 Å². The lowest BCUT2D eigenvalue weighted by Crippen LogP contribution is -2.35. The molecule has 3 nitrogen and oxygen atoms in total. The molecule has 102 valence electrons. The number of thiophene rings is 1. The molecule has 1 fully saturated rings. The maximum Gasteiger partial charge on any atom is 0.224 e. The van der Waals surface area contributed by atoms with Crippen LogP contribution >= 0.6 is 23.7 Å². The predicted octanol–water partition coefficient (Wildman–Crippen LogP) is 2.66. The van der Waals surface area contributed by atoms with Gasteiger partial charge in [0, 0.05) is 23.9 Å². The molecular weight excluding hydrogens is 268 g/mol. The van der Waals surface area contributed by atoms with Crippen LogP contribution in [-0.2, 0) is 11.3 Å². The normalized spacial score (nSPS) is 18.4. The van der Waals surface area contributed by atoms with Crippen molar-refractivity contribution in [1.29, 1.82) is 0 Å². The van der Waals surface area contributed by atoms with Gasteiger partial charge < -0.3 is 10.2 Å². The summed E-state index contributed by atoms with van der Waals surface area (Å²) in [5.74, 6) is 0.278. The highest BCUT2D eigenvalue weighted by molar-refractivity contribution is 7.09. The van der Waals surface area contributed by atoms with Gasteiger partial charge in [-0.3, -0.25) is 4.79 Å². The fourth-order valence-corrected chi connectivity index (χ4v) is 2.96. The van der Waals surface area contributed by atoms with Crippen molar-refractivity contribution in [3.05, 3.63) is 22.4 Å². The maximum atomic E-state index is 12.1. The number of nitrogens with zero attached hydrogens (tertiary/aromatic N) is 1. The third-order valence-electron chi connectivity index (χ3n) is 3.24. The van der Waals surface area contributed by atoms with Gasteiger partial charge in [-0.15, -0.1) is 23.7 Å². The number of hydrogen-bond acceptors (Lipinski definition) is 3. The lowest BCUT2D eigenvalue weighted by molar-refractivity contribution is -0.132. The zero-order valence-electron chi connectivity index (χ0n) is 10.7. The first-order valence-electron chi connectivity index (χ1n) is 6.33. The van der Waals surface area contributed by atoms with E-state index in [0.29, 0.717) is 12.5 Å². The molecule has 0 aliphatic carbocycles. The van der Waals surface area contributed by atoms with E-state index in [1.807, 2.05) is 17.9 Å². The van der Waals surface area contributed by atoms with Crippen LogP contribution < -0.4 is 5.32 Å². The molecule has 1 N–H and O–H groups in total. The van der Waals surface area contributed by atoms with E-state index in [0.717, 1.165) is 26.1 Å². The Labute approximate surface area is 119 Å². The van der Waals surface area contributed by atoms with Gasteiger partial charge in [0.2, 0.25) is 5.91 Å². The fourth-order valence-electron chi connectivity index (χ4n) is 2.24. The minimum atomic E-state index is 0. The zero-order chi connectivity index (χ0) is 12.1. The van der Waals surface area contributed by atoms with Crippen LogP contribution in [0.2, 0.25) is 0 Å². The number of carbonyl (C=O) groups excluding carboxylic acids is 1. The van der Waals surface area contributed by atoms with Crippen molar-refractivity contribution in [3.63, 3.8) is 0 Å². The second kappa shape index (κ2) is 7.77. The second-order valence-electron chi connectivity index (χ2n) is 4.48. The molecule has 1 unspecified atom stereocenters. The van der Waals surface area contributed by atoms with Crippen LogP contribution in [0, 0.1) is 0 Å². The van der Waals surface area contributed by atoms with Crippen LogP contribution in [0.5, 0.6) is 0 Å². The SMILES string of the molecule is CCN(Cc1cccs1)C(=O)CC1CCCN1.Cl. The Morgan fingerprint density at radius 3 is 3.00 bits per heavy atom. The van der Waals surface area contributed by atoms with Gasteiger partial charge >= 0.3 is 0 Å². The monoisotopic (exact) mass is 288 g/mol. The summed E-state index contributed by atoms with van der Waals surface area (Å²) >= 11 is 1.72. The molecule has 0 aromatic carbocycles. The van der Waals surface area contributed by atoms with E-state index in [4.69, 9.17) is 0 Å². The molecular formula is C13H21ClN2OS. The summed E-state index contributed by atoms with van der Waals surface area (Å²) in [6.07, 6.45) is 3.00. The predicted molar refractivity (Wildman–Crippen MR) is 78.3 cm³/mol. The molecule has 0 spiro atoms. The lowest BCUT2D eigenvalue weighted by atomic mass is 10.1. The van der Waals surface area contributed by atoms with E-state index in [-0.39, 0.29) is 18.3 Å². The van der Waals surface area contributed by atoms with Gasteiger partial charge in [0.1, 0.15) is 0 Å². The zero-order valence-corrected chi connectivity index (χ0v) is 12.4. The van der Waals surface area contributed by atoms with Gasteiger partial charge in [-0.25, -0.2) is 0 Å². The highest BCUT2D eigenvalue weighted by Gasteiger charge is 2.21. The van der Waals surface area contributed by atoms with Gasteiger partial charge in [-0.1, -0.05) is 6.07 Å². The van der Waals surface area contributed by atoms with Crippen LogP contribution in [0.1, 0.15) is 31.1 Å². The average Bonchev–Trinajstić information content (AvgIpc) is 2.97. The Kier molecular flexibility index (Phi) is 6.68. The summed E-state index contributed by atoms with van der Waals surface area (Å²) in [4.78, 5) is 15.4. The highest BCUT2D eigenvalue weighted by Crippen LogP contribution is 2.15. The van der Waals surface area contributed by atoms with E-state index < -0.39 is 0 Å². The van der Waals surface area contributed by atoms with Crippen molar-refractivity contribution in [2.45, 2.75) is 38.8 Å². The molecule has 1 aromatic rings. The maximum absolute atomic E-state index is 12.1. The number of nitrogens with one attached hydrogen (secondary N) is 1. The topological polar surface area (TPSA) is 32.3 Å². The summed E-state index contributed by atoms with van der Waals surface area (Å²) in [7, 11) is 0. The van der Waals surface area contributed by atoms with Crippen molar-refractivity contribution in [3.8, 4) is 0 Å². The molecule has 5 heteroatoms. The van der Waals surface area contributed by atoms with Crippen molar-refractivity contribution in [2.75, 3.05) is 13.1 Å². The van der Waals surface area contributed by atoms with Crippen LogP contribution in [0.3, 0.4) is 0 Å². The van der Waals surface area contributed by atoms with E-state index >= 15 is 0 Å². The number of halogens is 1. The molecule has 1 saturated heterocycles. The van der Waals surface area contributed by atoms with Crippen molar-refractivity contribution in [2.24, 2.45) is 0 Å². The molecule has 1 atom stereocenters. The quantitative estimate of drug-likeness (QED) is 0.903. The van der Waals surface area contributed by atoms with E-state index in [2.05, 4.69) is 16.8 Å². The van der Waals surface area contributed by atoms with Gasteiger partial charge in [-0.05, 0) is 37.8 Å². The smallest absolute Gasteiger partial charge is 0.224 e. The molecule has 1 aromatic heterocycles. The fraction of sp³-hybridized carbons (Fsp3) is 0.615. The van der Waals surface area contributed by atoms with E-state index in [9.17, 15) is 4.79 Å². The Balaban J connectivity index is 0.00000162. The first kappa shape index (κ1) is 15.5. The third-order valence-corrected chi connectivity index (χ3v) is 4.11. The standard InChI is InChI=1S/C13H20N2OS.ClH/c1-2-15(10-12-6-4-8-17-12)13(16)9-11-5-3-7-14-11;/h4,6,8,11,14H,2-3,5,7,9-10H2,1H3;1H. The third kappa shape index (κ3) is 4.26. The summed E-state index contributed by atoms with van der Waals surface area (Å²) < 4.78 is 0. The molecule has 1 amide bonds. The minimum Gasteiger partial charge on any atom is -0.338 e. The molecule has 0 saturated carbocycles. The first-order valence-corrected chi connectivity index (χ1v) is 7.21. The minimum absolute atomic E-state index is 0. The Morgan fingerprint density at radius 1 is 1.61 bits per heavy atom. The number of carbonyl (C=O) groups is 1. The summed E-state index contributed by atoms with van der Waals surface area (Å²) in [6.45, 7) is 4.67. The van der Waals surface area contributed by atoms with Crippen molar-refractivity contribution >= 4 is 29.7 Å². The summed E-state index contributed by atoms with van der Waals surface area (Å²) in [5, 5.41) is 5.44. The summed E-state index contributed by atoms with van der Waals surface area (Å²) in [6, 6.07) is 4.53. The molecule has 1 aliphatic heterocycles. The van der Waals surface area contributed by atoms with Crippen LogP contribution in [0.15, 0.2) is 17.5 Å². The van der Waals surface area contributed by atoms with Crippen LogP contribution in [0.4, 0.5) is 0 Å². The van der Waals surface area contributed by atoms with Crippen LogP contribution in [-0.4, -0.2) is 29.9 Å². The van der Waals surface area contributed by atoms with Gasteiger partial charge in [-0.2, -0.15) is 0 Å². The Bertz CT molecular complexity index is 350. The lowest BCUT2D eigenvalue weighted by Gasteiger charge is -2.22. The average molecular weight is 289 g/mol. The van der Waals surface area contributed by atoms with Crippen molar-refractivity contribution in [1.82, 2.24) is 10.2 Å². The van der Waals surface area contributed by atoms with Crippen LogP contribution in [0.25, 0.3) is 0 Å². The Morgan fingerprint density at radius 2 is 2.44 bits per heavy atom. The molecule has 2 heterocycles. The largest absolute Gasteiger partial charge is 0.338 e. The van der Waals surface area contributed by atoms with Gasteiger partial charge in [0.25, 0.3) is 0 Å². The number of hydrogen-bond donors (Lipinski definition) is 1. The van der Waals surface area contributed by atoms with E-state index in [1.165, 1.54) is 11.3 Å². The molecule has 0 radical (unpaired) electrons. The van der Waals surface area contributed by atoms with Gasteiger partial charge in [0.15, 0.2) is 0 Å². The molecule has 2 rings (SSSR count). The molecule has 1 aliphatic rings. The second-order valence-corrected chi connectivity index (χ2v) is 5.52. The van der Waals surface area contributed by atoms with Gasteiger partial charge in [0.05, 0.1) is 6.54 Å². The highest BCUT2D eigenvalue weighted by atomic mass is 35.5. The number of amides is 1. The van der Waals surface area contributed by atoms with Crippen molar-refractivity contribution < 1.29 is 4.79 Å². The first-order chi connectivity index (χ1) is 8.29.